The van der Waals surface area contributed by atoms with Crippen molar-refractivity contribution in [2.24, 2.45) is 5.73 Å². The molecular weight excluding hydrogens is 218 g/mol. The van der Waals surface area contributed by atoms with Gasteiger partial charge in [-0.2, -0.15) is 0 Å². The highest BCUT2D eigenvalue weighted by molar-refractivity contribution is 7.10. The largest absolute Gasteiger partial charge is 0.393 e. The smallest absolute Gasteiger partial charge is 0.0541 e. The molecule has 1 fully saturated rings. The van der Waals surface area contributed by atoms with Crippen LogP contribution in [0.25, 0.3) is 0 Å². The molecule has 1 aliphatic carbocycles. The minimum Gasteiger partial charge on any atom is -0.393 e. The first-order valence-electron chi connectivity index (χ1n) is 4.82. The number of aliphatic hydroxyl groups is 1. The lowest BCUT2D eigenvalue weighted by molar-refractivity contribution is 0.0979. The Bertz CT molecular complexity index is 318. The number of aliphatic hydroxyl groups excluding tert-OH is 1. The minimum absolute atomic E-state index is 0.165. The van der Waals surface area contributed by atoms with Crippen molar-refractivity contribution in [1.82, 2.24) is 0 Å². The quantitative estimate of drug-likeness (QED) is 0.780. The summed E-state index contributed by atoms with van der Waals surface area (Å²) in [6.07, 6.45) is 3.13. The highest BCUT2D eigenvalue weighted by Gasteiger charge is 2.33. The highest BCUT2D eigenvalue weighted by atomic mass is 35.5. The fourth-order valence-corrected chi connectivity index (χ4v) is 3.19. The van der Waals surface area contributed by atoms with E-state index < -0.39 is 0 Å². The predicted molar refractivity (Wildman–Crippen MR) is 59.7 cm³/mol. The van der Waals surface area contributed by atoms with Gasteiger partial charge in [-0.05, 0) is 31.7 Å². The van der Waals surface area contributed by atoms with Crippen LogP contribution in [0.1, 0.15) is 30.6 Å². The normalized spacial score (nSPS) is 33.2. The van der Waals surface area contributed by atoms with E-state index in [1.165, 1.54) is 0 Å². The number of nitrogens with two attached hydrogens (primary N) is 1. The molecule has 1 aromatic rings. The van der Waals surface area contributed by atoms with Crippen molar-refractivity contribution in [1.29, 1.82) is 0 Å². The van der Waals surface area contributed by atoms with Gasteiger partial charge in [-0.3, -0.25) is 0 Å². The molecule has 3 N–H and O–H groups in total. The van der Waals surface area contributed by atoms with Crippen LogP contribution in [0, 0.1) is 0 Å². The molecule has 0 aliphatic heterocycles. The first-order valence-corrected chi connectivity index (χ1v) is 6.07. The van der Waals surface area contributed by atoms with E-state index in [1.807, 2.05) is 11.4 Å². The average Bonchev–Trinajstić information content (AvgIpc) is 2.58. The second kappa shape index (κ2) is 3.81. The first-order chi connectivity index (χ1) is 6.60. The van der Waals surface area contributed by atoms with Crippen LogP contribution in [-0.4, -0.2) is 11.2 Å². The zero-order valence-corrected chi connectivity index (χ0v) is 9.44. The van der Waals surface area contributed by atoms with Gasteiger partial charge < -0.3 is 10.8 Å². The maximum Gasteiger partial charge on any atom is 0.0541 e. The minimum atomic E-state index is -0.253. The zero-order valence-electron chi connectivity index (χ0n) is 7.87. The summed E-state index contributed by atoms with van der Waals surface area (Å²) in [7, 11) is 0. The summed E-state index contributed by atoms with van der Waals surface area (Å²) < 4.78 is 0. The van der Waals surface area contributed by atoms with E-state index in [1.54, 1.807) is 11.3 Å². The summed E-state index contributed by atoms with van der Waals surface area (Å²) in [6, 6.07) is 1.95. The maximum absolute atomic E-state index is 9.42. The SMILES string of the molecule is NC1(c2cc(Cl)cs2)CCC(O)CC1. The van der Waals surface area contributed by atoms with Gasteiger partial charge in [-0.25, -0.2) is 0 Å². The van der Waals surface area contributed by atoms with E-state index in [4.69, 9.17) is 17.3 Å². The highest BCUT2D eigenvalue weighted by Crippen LogP contribution is 2.38. The monoisotopic (exact) mass is 231 g/mol. The van der Waals surface area contributed by atoms with E-state index >= 15 is 0 Å². The molecule has 2 nitrogen and oxygen atoms in total. The van der Waals surface area contributed by atoms with Gasteiger partial charge >= 0.3 is 0 Å². The lowest BCUT2D eigenvalue weighted by atomic mass is 9.80. The van der Waals surface area contributed by atoms with Crippen molar-refractivity contribution in [3.8, 4) is 0 Å². The molecule has 2 rings (SSSR count). The molecule has 0 saturated heterocycles. The third-order valence-electron chi connectivity index (χ3n) is 2.91. The third kappa shape index (κ3) is 1.96. The topological polar surface area (TPSA) is 46.2 Å². The lowest BCUT2D eigenvalue weighted by Gasteiger charge is -2.34. The van der Waals surface area contributed by atoms with Crippen molar-refractivity contribution < 1.29 is 5.11 Å². The summed E-state index contributed by atoms with van der Waals surface area (Å²) in [5.74, 6) is 0. The summed E-state index contributed by atoms with van der Waals surface area (Å²) in [4.78, 5) is 1.15. The van der Waals surface area contributed by atoms with Gasteiger partial charge in [-0.15, -0.1) is 11.3 Å². The number of halogens is 1. The molecule has 0 aromatic carbocycles. The van der Waals surface area contributed by atoms with Gasteiger partial charge in [0.2, 0.25) is 0 Å². The van der Waals surface area contributed by atoms with E-state index in [2.05, 4.69) is 0 Å². The molecule has 4 heteroatoms. The van der Waals surface area contributed by atoms with Crippen LogP contribution >= 0.6 is 22.9 Å². The molecule has 1 saturated carbocycles. The van der Waals surface area contributed by atoms with Crippen molar-refractivity contribution in [3.05, 3.63) is 21.3 Å². The summed E-state index contributed by atoms with van der Waals surface area (Å²) >= 11 is 7.49. The Morgan fingerprint density at radius 3 is 2.64 bits per heavy atom. The Morgan fingerprint density at radius 2 is 2.14 bits per heavy atom. The number of rotatable bonds is 1. The van der Waals surface area contributed by atoms with Crippen LogP contribution in [-0.2, 0) is 5.54 Å². The standard InChI is InChI=1S/C10H14ClNOS/c11-7-5-9(14-6-7)10(12)3-1-8(13)2-4-10/h5-6,8,13H,1-4,12H2. The number of thiophene rings is 1. The molecule has 1 aliphatic rings. The molecule has 78 valence electrons. The van der Waals surface area contributed by atoms with E-state index in [0.29, 0.717) is 0 Å². The van der Waals surface area contributed by atoms with Crippen molar-refractivity contribution in [2.75, 3.05) is 0 Å². The molecular formula is C10H14ClNOS. The second-order valence-electron chi connectivity index (χ2n) is 4.02. The van der Waals surface area contributed by atoms with Gasteiger partial charge in [0, 0.05) is 10.3 Å². The molecule has 0 atom stereocenters. The Kier molecular flexibility index (Phi) is 2.84. The third-order valence-corrected chi connectivity index (χ3v) is 4.40. The van der Waals surface area contributed by atoms with Crippen molar-refractivity contribution in [3.63, 3.8) is 0 Å². The van der Waals surface area contributed by atoms with Gasteiger partial charge in [0.1, 0.15) is 0 Å². The Balaban J connectivity index is 2.16. The van der Waals surface area contributed by atoms with E-state index in [9.17, 15) is 5.11 Å². The van der Waals surface area contributed by atoms with Crippen LogP contribution < -0.4 is 5.73 Å². The summed E-state index contributed by atoms with van der Waals surface area (Å²) in [5, 5.41) is 12.1. The average molecular weight is 232 g/mol. The van der Waals surface area contributed by atoms with Crippen molar-refractivity contribution in [2.45, 2.75) is 37.3 Å². The molecule has 0 bridgehead atoms. The van der Waals surface area contributed by atoms with Crippen LogP contribution in [0.15, 0.2) is 11.4 Å². The molecule has 0 amide bonds. The van der Waals surface area contributed by atoms with E-state index in [0.717, 1.165) is 35.6 Å². The molecule has 14 heavy (non-hydrogen) atoms. The Hall–Kier alpha value is -0.0900. The van der Waals surface area contributed by atoms with E-state index in [-0.39, 0.29) is 11.6 Å². The fraction of sp³-hybridized carbons (Fsp3) is 0.600. The fourth-order valence-electron chi connectivity index (χ4n) is 1.94. The first kappa shape index (κ1) is 10.4. The lowest BCUT2D eigenvalue weighted by Crippen LogP contribution is -2.40. The zero-order chi connectivity index (χ0) is 10.2. The molecule has 1 aromatic heterocycles. The van der Waals surface area contributed by atoms with Crippen LogP contribution in [0.2, 0.25) is 5.02 Å². The summed E-state index contributed by atoms with van der Waals surface area (Å²) in [5.41, 5.74) is 6.04. The second-order valence-corrected chi connectivity index (χ2v) is 5.36. The molecule has 0 spiro atoms. The van der Waals surface area contributed by atoms with Crippen LogP contribution in [0.3, 0.4) is 0 Å². The van der Waals surface area contributed by atoms with Gasteiger partial charge in [0.05, 0.1) is 16.7 Å². The Morgan fingerprint density at radius 1 is 1.50 bits per heavy atom. The molecule has 0 unspecified atom stereocenters. The van der Waals surface area contributed by atoms with Gasteiger partial charge in [-0.1, -0.05) is 11.6 Å². The van der Waals surface area contributed by atoms with Crippen LogP contribution in [0.5, 0.6) is 0 Å². The molecule has 0 radical (unpaired) electrons. The predicted octanol–water partition coefficient (Wildman–Crippen LogP) is 2.49. The molecule has 1 heterocycles. The van der Waals surface area contributed by atoms with Gasteiger partial charge in [0.25, 0.3) is 0 Å². The van der Waals surface area contributed by atoms with Crippen LogP contribution in [0.4, 0.5) is 0 Å². The van der Waals surface area contributed by atoms with Crippen molar-refractivity contribution >= 4 is 22.9 Å². The Labute approximate surface area is 92.7 Å². The maximum atomic E-state index is 9.42. The summed E-state index contributed by atoms with van der Waals surface area (Å²) in [6.45, 7) is 0. The van der Waals surface area contributed by atoms with Gasteiger partial charge in [0.15, 0.2) is 0 Å². The number of hydrogen-bond acceptors (Lipinski definition) is 3. The number of hydrogen-bond donors (Lipinski definition) is 2.